The molecule has 1 fully saturated rings. The number of nitrogens with one attached hydrogen (secondary N) is 1. The van der Waals surface area contributed by atoms with Gasteiger partial charge in [0.05, 0.1) is 12.6 Å². The molecular weight excluding hydrogens is 450 g/mol. The van der Waals surface area contributed by atoms with Crippen LogP contribution in [0.1, 0.15) is 16.5 Å². The highest BCUT2D eigenvalue weighted by molar-refractivity contribution is 7.10. The average molecular weight is 478 g/mol. The molecule has 2 unspecified atom stereocenters. The molecule has 0 radical (unpaired) electrons. The van der Waals surface area contributed by atoms with Crippen LogP contribution in [-0.2, 0) is 9.59 Å². The van der Waals surface area contributed by atoms with Crippen molar-refractivity contribution in [3.8, 4) is 11.5 Å². The number of para-hydroxylation sites is 2. The van der Waals surface area contributed by atoms with Crippen molar-refractivity contribution >= 4 is 23.2 Å². The lowest BCUT2D eigenvalue weighted by Crippen LogP contribution is -2.55. The van der Waals surface area contributed by atoms with Crippen molar-refractivity contribution in [1.82, 2.24) is 15.1 Å². The van der Waals surface area contributed by atoms with Crippen molar-refractivity contribution in [3.63, 3.8) is 0 Å². The Morgan fingerprint density at radius 1 is 0.941 bits per heavy atom. The number of benzene rings is 2. The maximum Gasteiger partial charge on any atom is 0.267 e. The number of fused-ring (bicyclic) bond motifs is 1. The fourth-order valence-electron chi connectivity index (χ4n) is 4.30. The molecule has 3 aromatic rings. The Balaban J connectivity index is 1.13. The number of ether oxygens (including phenoxy) is 2. The van der Waals surface area contributed by atoms with Crippen molar-refractivity contribution in [1.29, 1.82) is 0 Å². The number of hydrogen-bond donors (Lipinski definition) is 1. The second kappa shape index (κ2) is 10.3. The van der Waals surface area contributed by atoms with E-state index in [9.17, 15) is 9.59 Å². The lowest BCUT2D eigenvalue weighted by Gasteiger charge is -2.37. The SMILES string of the molecule is O=C(CN1CCN(C(=O)C2COc3ccccc3O2)CC1)NC(c1ccccc1)c1cccs1. The first kappa shape index (κ1) is 22.4. The Kier molecular flexibility index (Phi) is 6.78. The summed E-state index contributed by atoms with van der Waals surface area (Å²) >= 11 is 1.63. The number of hydrogen-bond acceptors (Lipinski definition) is 6. The summed E-state index contributed by atoms with van der Waals surface area (Å²) in [6.45, 7) is 2.90. The highest BCUT2D eigenvalue weighted by Crippen LogP contribution is 2.31. The van der Waals surface area contributed by atoms with Crippen LogP contribution in [0.25, 0.3) is 0 Å². The van der Waals surface area contributed by atoms with E-state index in [-0.39, 0.29) is 24.5 Å². The van der Waals surface area contributed by atoms with Crippen LogP contribution in [0, 0.1) is 0 Å². The Labute approximate surface area is 202 Å². The molecule has 1 saturated heterocycles. The second-order valence-corrected chi connectivity index (χ2v) is 9.37. The smallest absolute Gasteiger partial charge is 0.267 e. The zero-order chi connectivity index (χ0) is 23.3. The molecule has 0 aliphatic carbocycles. The van der Waals surface area contributed by atoms with Gasteiger partial charge in [-0.2, -0.15) is 0 Å². The summed E-state index contributed by atoms with van der Waals surface area (Å²) in [5, 5.41) is 5.21. The highest BCUT2D eigenvalue weighted by atomic mass is 32.1. The monoisotopic (exact) mass is 477 g/mol. The van der Waals surface area contributed by atoms with E-state index in [1.54, 1.807) is 16.2 Å². The van der Waals surface area contributed by atoms with Crippen LogP contribution in [0.4, 0.5) is 0 Å². The van der Waals surface area contributed by atoms with Gasteiger partial charge in [0.2, 0.25) is 12.0 Å². The van der Waals surface area contributed by atoms with Crippen molar-refractivity contribution in [2.75, 3.05) is 39.3 Å². The van der Waals surface area contributed by atoms with Gasteiger partial charge in [-0.05, 0) is 29.1 Å². The van der Waals surface area contributed by atoms with Gasteiger partial charge in [-0.3, -0.25) is 14.5 Å². The molecule has 2 atom stereocenters. The standard InChI is InChI=1S/C26H27N3O4S/c30-24(27-25(23-11-6-16-34-23)19-7-2-1-3-8-19)17-28-12-14-29(15-13-28)26(31)22-18-32-20-9-4-5-10-21(20)33-22/h1-11,16,22,25H,12-15,17-18H2,(H,27,30). The Bertz CT molecular complexity index is 1110. The van der Waals surface area contributed by atoms with Gasteiger partial charge >= 0.3 is 0 Å². The van der Waals surface area contributed by atoms with E-state index in [1.165, 1.54) is 0 Å². The van der Waals surface area contributed by atoms with Crippen molar-refractivity contribution < 1.29 is 19.1 Å². The van der Waals surface area contributed by atoms with Crippen LogP contribution in [0.3, 0.4) is 0 Å². The van der Waals surface area contributed by atoms with Crippen LogP contribution in [-0.4, -0.2) is 67.0 Å². The van der Waals surface area contributed by atoms with E-state index < -0.39 is 6.10 Å². The maximum absolute atomic E-state index is 12.9. The van der Waals surface area contributed by atoms with Crippen LogP contribution in [0.2, 0.25) is 0 Å². The van der Waals surface area contributed by atoms with Gasteiger partial charge in [0.1, 0.15) is 6.61 Å². The maximum atomic E-state index is 12.9. The van der Waals surface area contributed by atoms with E-state index in [2.05, 4.69) is 10.2 Å². The summed E-state index contributed by atoms with van der Waals surface area (Å²) in [5.74, 6) is 1.17. The molecule has 34 heavy (non-hydrogen) atoms. The zero-order valence-corrected chi connectivity index (χ0v) is 19.6. The van der Waals surface area contributed by atoms with Gasteiger partial charge in [-0.25, -0.2) is 0 Å². The van der Waals surface area contributed by atoms with Crippen molar-refractivity contribution in [2.24, 2.45) is 0 Å². The molecule has 2 aliphatic heterocycles. The lowest BCUT2D eigenvalue weighted by molar-refractivity contribution is -0.143. The predicted octanol–water partition coefficient (Wildman–Crippen LogP) is 2.94. The quantitative estimate of drug-likeness (QED) is 0.591. The van der Waals surface area contributed by atoms with Gasteiger partial charge in [0, 0.05) is 31.1 Å². The summed E-state index contributed by atoms with van der Waals surface area (Å²) in [7, 11) is 0. The van der Waals surface area contributed by atoms with Gasteiger partial charge in [-0.15, -0.1) is 11.3 Å². The number of nitrogens with zero attached hydrogens (tertiary/aromatic N) is 2. The minimum atomic E-state index is -0.637. The van der Waals surface area contributed by atoms with Crippen LogP contribution >= 0.6 is 11.3 Å². The summed E-state index contributed by atoms with van der Waals surface area (Å²) in [6.07, 6.45) is -0.637. The summed E-state index contributed by atoms with van der Waals surface area (Å²) < 4.78 is 11.6. The molecule has 5 rings (SSSR count). The van der Waals surface area contributed by atoms with Gasteiger partial charge in [0.15, 0.2) is 11.5 Å². The summed E-state index contributed by atoms with van der Waals surface area (Å²) in [5.41, 5.74) is 1.06. The number of amides is 2. The summed E-state index contributed by atoms with van der Waals surface area (Å²) in [4.78, 5) is 30.8. The molecule has 0 spiro atoms. The molecule has 7 nitrogen and oxygen atoms in total. The van der Waals surface area contributed by atoms with E-state index in [1.807, 2.05) is 72.1 Å². The largest absolute Gasteiger partial charge is 0.485 e. The lowest BCUT2D eigenvalue weighted by atomic mass is 10.1. The number of rotatable bonds is 6. The number of carbonyl (C=O) groups excluding carboxylic acids is 2. The molecule has 3 heterocycles. The van der Waals surface area contributed by atoms with E-state index >= 15 is 0 Å². The third kappa shape index (κ3) is 5.08. The molecule has 2 aromatic carbocycles. The average Bonchev–Trinajstić information content (AvgIpc) is 3.42. The Hall–Kier alpha value is -3.36. The number of thiophene rings is 1. The molecule has 8 heteroatoms. The predicted molar refractivity (Wildman–Crippen MR) is 130 cm³/mol. The molecule has 2 aliphatic rings. The van der Waals surface area contributed by atoms with Crippen LogP contribution in [0.15, 0.2) is 72.1 Å². The number of piperazine rings is 1. The molecule has 1 aromatic heterocycles. The topological polar surface area (TPSA) is 71.1 Å². The van der Waals surface area contributed by atoms with Crippen molar-refractivity contribution in [2.45, 2.75) is 12.1 Å². The molecular formula is C26H27N3O4S. The Morgan fingerprint density at radius 2 is 1.68 bits per heavy atom. The molecule has 1 N–H and O–H groups in total. The molecule has 0 saturated carbocycles. The highest BCUT2D eigenvalue weighted by Gasteiger charge is 2.33. The van der Waals surface area contributed by atoms with E-state index in [0.29, 0.717) is 44.2 Å². The first-order chi connectivity index (χ1) is 16.7. The summed E-state index contributed by atoms with van der Waals surface area (Å²) in [6, 6.07) is 21.3. The van der Waals surface area contributed by atoms with Crippen LogP contribution < -0.4 is 14.8 Å². The first-order valence-electron chi connectivity index (χ1n) is 11.4. The first-order valence-corrected chi connectivity index (χ1v) is 12.3. The fourth-order valence-corrected chi connectivity index (χ4v) is 5.10. The van der Waals surface area contributed by atoms with E-state index in [4.69, 9.17) is 9.47 Å². The minimum absolute atomic E-state index is 0.0253. The number of carbonyl (C=O) groups is 2. The fraction of sp³-hybridized carbons (Fsp3) is 0.308. The Morgan fingerprint density at radius 3 is 2.41 bits per heavy atom. The third-order valence-electron chi connectivity index (χ3n) is 6.10. The molecule has 176 valence electrons. The van der Waals surface area contributed by atoms with Gasteiger partial charge < -0.3 is 19.7 Å². The molecule has 2 amide bonds. The second-order valence-electron chi connectivity index (χ2n) is 8.39. The minimum Gasteiger partial charge on any atom is -0.485 e. The third-order valence-corrected chi connectivity index (χ3v) is 7.04. The van der Waals surface area contributed by atoms with Crippen LogP contribution in [0.5, 0.6) is 11.5 Å². The zero-order valence-electron chi connectivity index (χ0n) is 18.8. The van der Waals surface area contributed by atoms with E-state index in [0.717, 1.165) is 10.4 Å². The van der Waals surface area contributed by atoms with Gasteiger partial charge in [-0.1, -0.05) is 48.5 Å². The van der Waals surface area contributed by atoms with Crippen molar-refractivity contribution in [3.05, 3.63) is 82.6 Å². The molecule has 0 bridgehead atoms. The van der Waals surface area contributed by atoms with Gasteiger partial charge in [0.25, 0.3) is 5.91 Å². The normalized spacial score (nSPS) is 18.8.